The van der Waals surface area contributed by atoms with Crippen LogP contribution in [0.5, 0.6) is 0 Å². The Morgan fingerprint density at radius 1 is 1.36 bits per heavy atom. The lowest BCUT2D eigenvalue weighted by molar-refractivity contribution is -0.299. The Balaban J connectivity index is 4.22. The molecule has 0 aromatic heterocycles. The molecule has 0 spiro atoms. The smallest absolute Gasteiger partial charge is 0.330 e. The van der Waals surface area contributed by atoms with Gasteiger partial charge in [0.25, 0.3) is 0 Å². The molecular weight excluding hydrogens is 184 g/mol. The number of hydrogen-bond donors (Lipinski definition) is 0. The third-order valence-electron chi connectivity index (χ3n) is 1.81. The van der Waals surface area contributed by atoms with Gasteiger partial charge in [0.2, 0.25) is 0 Å². The van der Waals surface area contributed by atoms with Crippen LogP contribution in [0.2, 0.25) is 0 Å². The number of methoxy groups -OCH3 is 1. The summed E-state index contributed by atoms with van der Waals surface area (Å²) in [6, 6.07) is 0. The summed E-state index contributed by atoms with van der Waals surface area (Å²) in [4.78, 5) is 21.3. The van der Waals surface area contributed by atoms with Crippen molar-refractivity contribution in [1.29, 1.82) is 0 Å². The van der Waals surface area contributed by atoms with Crippen LogP contribution in [0.25, 0.3) is 0 Å². The fourth-order valence-electron chi connectivity index (χ4n) is 1.000. The van der Waals surface area contributed by atoms with Crippen molar-refractivity contribution >= 4 is 11.9 Å². The molecular formula is C10H15O4-. The number of carboxylic acids is 1. The first kappa shape index (κ1) is 12.7. The maximum Gasteiger partial charge on any atom is 0.330 e. The first-order valence-electron chi connectivity index (χ1n) is 4.61. The number of ether oxygens (including phenoxy) is 1. The van der Waals surface area contributed by atoms with Crippen LogP contribution in [-0.2, 0) is 14.3 Å². The Bertz CT molecular complexity index is 230. The molecule has 0 aliphatic heterocycles. The molecule has 0 fully saturated rings. The molecule has 0 saturated carbocycles. The molecule has 4 nitrogen and oxygen atoms in total. The fraction of sp³-hybridized carbons (Fsp3) is 0.600. The second kappa shape index (κ2) is 7.12. The van der Waals surface area contributed by atoms with Gasteiger partial charge >= 0.3 is 5.97 Å². The topological polar surface area (TPSA) is 66.4 Å². The van der Waals surface area contributed by atoms with Crippen molar-refractivity contribution in [2.75, 3.05) is 7.11 Å². The van der Waals surface area contributed by atoms with Gasteiger partial charge in [0.05, 0.1) is 13.1 Å². The highest BCUT2D eigenvalue weighted by Crippen LogP contribution is 2.08. The lowest BCUT2D eigenvalue weighted by Gasteiger charge is -2.07. The third-order valence-corrected chi connectivity index (χ3v) is 1.81. The van der Waals surface area contributed by atoms with E-state index in [0.717, 1.165) is 25.3 Å². The minimum atomic E-state index is -1.30. The van der Waals surface area contributed by atoms with Crippen LogP contribution in [0.1, 0.15) is 32.6 Å². The van der Waals surface area contributed by atoms with Gasteiger partial charge in [0.1, 0.15) is 0 Å². The fourth-order valence-corrected chi connectivity index (χ4v) is 1.000. The molecule has 0 radical (unpaired) electrons. The second-order valence-electron chi connectivity index (χ2n) is 2.94. The molecule has 0 aromatic carbocycles. The van der Waals surface area contributed by atoms with Crippen LogP contribution in [0.15, 0.2) is 11.6 Å². The van der Waals surface area contributed by atoms with Gasteiger partial charge in [-0.15, -0.1) is 0 Å². The molecule has 0 unspecified atom stereocenters. The number of aliphatic carboxylic acids is 1. The van der Waals surface area contributed by atoms with Crippen LogP contribution in [0, 0.1) is 0 Å². The molecule has 0 saturated heterocycles. The minimum Gasteiger partial charge on any atom is -0.545 e. The van der Waals surface area contributed by atoms with Gasteiger partial charge in [0, 0.05) is 6.08 Å². The van der Waals surface area contributed by atoms with E-state index in [0.29, 0.717) is 6.42 Å². The average Bonchev–Trinajstić information content (AvgIpc) is 2.16. The molecule has 0 rings (SSSR count). The summed E-state index contributed by atoms with van der Waals surface area (Å²) in [6.07, 6.45) is 4.01. The number of rotatable bonds is 6. The minimum absolute atomic E-state index is 0.00491. The molecule has 0 aliphatic rings. The first-order valence-corrected chi connectivity index (χ1v) is 4.61. The number of unbranched alkanes of at least 4 members (excludes halogenated alkanes) is 2. The lowest BCUT2D eigenvalue weighted by Crippen LogP contribution is -2.25. The summed E-state index contributed by atoms with van der Waals surface area (Å²) in [5.74, 6) is -1.95. The van der Waals surface area contributed by atoms with Crippen molar-refractivity contribution < 1.29 is 19.4 Å². The predicted octanol–water partition coefficient (Wildman–Crippen LogP) is 0.416. The molecule has 0 aliphatic carbocycles. The van der Waals surface area contributed by atoms with Gasteiger partial charge in [-0.25, -0.2) is 4.79 Å². The quantitative estimate of drug-likeness (QED) is 0.353. The van der Waals surface area contributed by atoms with Crippen molar-refractivity contribution in [2.45, 2.75) is 32.6 Å². The van der Waals surface area contributed by atoms with Crippen molar-refractivity contribution in [3.05, 3.63) is 11.6 Å². The maximum absolute atomic E-state index is 10.8. The van der Waals surface area contributed by atoms with Gasteiger partial charge in [-0.1, -0.05) is 19.8 Å². The highest BCUT2D eigenvalue weighted by molar-refractivity contribution is 5.94. The van der Waals surface area contributed by atoms with E-state index in [1.54, 1.807) is 0 Å². The second-order valence-corrected chi connectivity index (χ2v) is 2.94. The van der Waals surface area contributed by atoms with Gasteiger partial charge in [-0.05, 0) is 18.4 Å². The molecule has 0 amide bonds. The Morgan fingerprint density at radius 2 is 2.00 bits per heavy atom. The SMILES string of the molecule is CCCCC/C(=C/C(=O)OC)C(=O)[O-]. The highest BCUT2D eigenvalue weighted by atomic mass is 16.5. The number of carboxylic acid groups (broad SMARTS) is 1. The van der Waals surface area contributed by atoms with E-state index in [-0.39, 0.29) is 5.57 Å². The Kier molecular flexibility index (Phi) is 6.45. The van der Waals surface area contributed by atoms with Crippen LogP contribution in [0.3, 0.4) is 0 Å². The number of carbonyl (C=O) groups is 2. The van der Waals surface area contributed by atoms with E-state index in [9.17, 15) is 14.7 Å². The molecule has 0 aromatic rings. The summed E-state index contributed by atoms with van der Waals surface area (Å²) in [6.45, 7) is 2.02. The average molecular weight is 199 g/mol. The van der Waals surface area contributed by atoms with Crippen molar-refractivity contribution in [2.24, 2.45) is 0 Å². The van der Waals surface area contributed by atoms with E-state index < -0.39 is 11.9 Å². The lowest BCUT2D eigenvalue weighted by atomic mass is 10.1. The summed E-state index contributed by atoms with van der Waals surface area (Å²) < 4.78 is 4.33. The van der Waals surface area contributed by atoms with Gasteiger partial charge < -0.3 is 14.6 Å². The standard InChI is InChI=1S/C10H16O4/c1-3-4-5-6-8(10(12)13)7-9(11)14-2/h7H,3-6H2,1-2H3,(H,12,13)/p-1/b8-7-. The molecule has 14 heavy (non-hydrogen) atoms. The molecule has 0 bridgehead atoms. The van der Waals surface area contributed by atoms with Crippen LogP contribution in [0.4, 0.5) is 0 Å². The summed E-state index contributed by atoms with van der Waals surface area (Å²) in [7, 11) is 1.21. The van der Waals surface area contributed by atoms with Crippen molar-refractivity contribution in [3.8, 4) is 0 Å². The van der Waals surface area contributed by atoms with E-state index in [1.165, 1.54) is 7.11 Å². The Labute approximate surface area is 83.6 Å². The third kappa shape index (κ3) is 5.35. The summed E-state index contributed by atoms with van der Waals surface area (Å²) >= 11 is 0. The molecule has 0 N–H and O–H groups in total. The van der Waals surface area contributed by atoms with E-state index in [2.05, 4.69) is 4.74 Å². The molecule has 4 heteroatoms. The number of esters is 1. The highest BCUT2D eigenvalue weighted by Gasteiger charge is 2.02. The van der Waals surface area contributed by atoms with E-state index in [1.807, 2.05) is 6.92 Å². The number of carbonyl (C=O) groups excluding carboxylic acids is 2. The molecule has 0 heterocycles. The summed E-state index contributed by atoms with van der Waals surface area (Å²) in [5.41, 5.74) is 0.00491. The van der Waals surface area contributed by atoms with Crippen LogP contribution in [-0.4, -0.2) is 19.0 Å². The predicted molar refractivity (Wildman–Crippen MR) is 49.2 cm³/mol. The zero-order valence-corrected chi connectivity index (χ0v) is 8.54. The first-order chi connectivity index (χ1) is 6.61. The van der Waals surface area contributed by atoms with Crippen LogP contribution >= 0.6 is 0 Å². The van der Waals surface area contributed by atoms with E-state index >= 15 is 0 Å². The zero-order chi connectivity index (χ0) is 11.0. The largest absolute Gasteiger partial charge is 0.545 e. The van der Waals surface area contributed by atoms with E-state index in [4.69, 9.17) is 0 Å². The van der Waals surface area contributed by atoms with Gasteiger partial charge in [0.15, 0.2) is 0 Å². The maximum atomic E-state index is 10.8. The molecule has 80 valence electrons. The van der Waals surface area contributed by atoms with Gasteiger partial charge in [-0.3, -0.25) is 0 Å². The van der Waals surface area contributed by atoms with Crippen molar-refractivity contribution in [3.63, 3.8) is 0 Å². The summed E-state index contributed by atoms with van der Waals surface area (Å²) in [5, 5.41) is 10.6. The monoisotopic (exact) mass is 199 g/mol. The Hall–Kier alpha value is -1.32. The van der Waals surface area contributed by atoms with Crippen LogP contribution < -0.4 is 5.11 Å². The normalized spacial score (nSPS) is 11.1. The molecule has 0 atom stereocenters. The van der Waals surface area contributed by atoms with Gasteiger partial charge in [-0.2, -0.15) is 0 Å². The zero-order valence-electron chi connectivity index (χ0n) is 8.54. The van der Waals surface area contributed by atoms with Crippen molar-refractivity contribution in [1.82, 2.24) is 0 Å². The Morgan fingerprint density at radius 3 is 2.43 bits per heavy atom. The number of hydrogen-bond acceptors (Lipinski definition) is 4.